The van der Waals surface area contributed by atoms with Crippen molar-refractivity contribution < 1.29 is 0 Å². The van der Waals surface area contributed by atoms with E-state index in [0.29, 0.717) is 0 Å². The molecule has 68 valence electrons. The van der Waals surface area contributed by atoms with E-state index in [1.807, 2.05) is 31.5 Å². The van der Waals surface area contributed by atoms with Gasteiger partial charge < -0.3 is 5.32 Å². The number of rotatable bonds is 4. The van der Waals surface area contributed by atoms with E-state index in [2.05, 4.69) is 22.1 Å². The molecule has 1 N–H and O–H groups in total. The summed E-state index contributed by atoms with van der Waals surface area (Å²) >= 11 is 0. The van der Waals surface area contributed by atoms with Crippen LogP contribution in [0.4, 0.5) is 0 Å². The zero-order chi connectivity index (χ0) is 9.36. The number of aromatic nitrogens is 1. The molecule has 0 saturated heterocycles. The Hall–Kier alpha value is -1.33. The molecule has 0 radical (unpaired) electrons. The molecular weight excluding hydrogens is 160 g/mol. The summed E-state index contributed by atoms with van der Waals surface area (Å²) in [4.78, 5) is 3.96. The first kappa shape index (κ1) is 9.76. The summed E-state index contributed by atoms with van der Waals surface area (Å²) in [7, 11) is 0. The highest BCUT2D eigenvalue weighted by atomic mass is 14.8. The zero-order valence-corrected chi connectivity index (χ0v) is 7.88. The largest absolute Gasteiger partial charge is 0.306 e. The van der Waals surface area contributed by atoms with Crippen molar-refractivity contribution in [3.63, 3.8) is 0 Å². The summed E-state index contributed by atoms with van der Waals surface area (Å²) in [5.41, 5.74) is 1.31. The maximum Gasteiger partial charge on any atom is 0.0576 e. The first-order valence-electron chi connectivity index (χ1n) is 4.42. The van der Waals surface area contributed by atoms with Crippen molar-refractivity contribution in [2.75, 3.05) is 13.1 Å². The average molecular weight is 174 g/mol. The molecule has 2 heteroatoms. The Morgan fingerprint density at radius 1 is 1.38 bits per heavy atom. The lowest BCUT2D eigenvalue weighted by atomic mass is 10.2. The lowest BCUT2D eigenvalue weighted by Crippen LogP contribution is -2.17. The summed E-state index contributed by atoms with van der Waals surface area (Å²) < 4.78 is 0. The fourth-order valence-corrected chi connectivity index (χ4v) is 1.02. The normalized spacial score (nSPS) is 9.00. The third-order valence-corrected chi connectivity index (χ3v) is 1.73. The summed E-state index contributed by atoms with van der Waals surface area (Å²) in [5, 5.41) is 3.24. The number of nitrogens with zero attached hydrogens (tertiary/aromatic N) is 1. The lowest BCUT2D eigenvalue weighted by Gasteiger charge is -2.00. The van der Waals surface area contributed by atoms with Crippen molar-refractivity contribution in [3.05, 3.63) is 30.1 Å². The van der Waals surface area contributed by atoms with Crippen LogP contribution >= 0.6 is 0 Å². The smallest absolute Gasteiger partial charge is 0.0576 e. The van der Waals surface area contributed by atoms with Gasteiger partial charge >= 0.3 is 0 Å². The molecule has 1 rings (SSSR count). The number of hydrogen-bond donors (Lipinski definition) is 1. The molecule has 0 saturated carbocycles. The molecule has 0 aliphatic carbocycles. The van der Waals surface area contributed by atoms with E-state index < -0.39 is 0 Å². The van der Waals surface area contributed by atoms with E-state index in [4.69, 9.17) is 0 Å². The summed E-state index contributed by atoms with van der Waals surface area (Å²) in [5.74, 6) is 5.80. The van der Waals surface area contributed by atoms with Crippen molar-refractivity contribution in [2.45, 2.75) is 13.3 Å². The van der Waals surface area contributed by atoms with Crippen LogP contribution in [-0.2, 0) is 6.42 Å². The minimum atomic E-state index is 0.779. The Labute approximate surface area is 79.4 Å². The molecule has 0 spiro atoms. The molecule has 0 atom stereocenters. The van der Waals surface area contributed by atoms with Crippen molar-refractivity contribution in [3.8, 4) is 11.8 Å². The fraction of sp³-hybridized carbons (Fsp3) is 0.364. The number of pyridine rings is 1. The summed E-state index contributed by atoms with van der Waals surface area (Å²) in [6.45, 7) is 3.60. The van der Waals surface area contributed by atoms with E-state index in [1.165, 1.54) is 5.56 Å². The summed E-state index contributed by atoms with van der Waals surface area (Å²) in [6.07, 6.45) is 4.68. The number of hydrogen-bond acceptors (Lipinski definition) is 2. The van der Waals surface area contributed by atoms with Gasteiger partial charge in [-0.25, -0.2) is 0 Å². The predicted octanol–water partition coefficient (Wildman–Crippen LogP) is 1.24. The topological polar surface area (TPSA) is 24.9 Å². The first-order valence-corrected chi connectivity index (χ1v) is 4.42. The minimum absolute atomic E-state index is 0.779. The van der Waals surface area contributed by atoms with Gasteiger partial charge in [0, 0.05) is 18.9 Å². The molecule has 2 nitrogen and oxygen atoms in total. The van der Waals surface area contributed by atoms with Gasteiger partial charge in [0.25, 0.3) is 0 Å². The Morgan fingerprint density at radius 2 is 2.15 bits per heavy atom. The third-order valence-electron chi connectivity index (χ3n) is 1.73. The fourth-order valence-electron chi connectivity index (χ4n) is 1.02. The maximum atomic E-state index is 3.96. The molecule has 0 aromatic carbocycles. The molecule has 1 aromatic rings. The van der Waals surface area contributed by atoms with Crippen molar-refractivity contribution in [2.24, 2.45) is 0 Å². The lowest BCUT2D eigenvalue weighted by molar-refractivity contribution is 0.752. The Bertz CT molecular complexity index is 282. The van der Waals surface area contributed by atoms with Crippen LogP contribution in [0.25, 0.3) is 0 Å². The highest BCUT2D eigenvalue weighted by molar-refractivity contribution is 5.10. The molecule has 0 aliphatic rings. The van der Waals surface area contributed by atoms with Crippen molar-refractivity contribution >= 4 is 0 Å². The van der Waals surface area contributed by atoms with Crippen LogP contribution in [0.3, 0.4) is 0 Å². The van der Waals surface area contributed by atoms with Gasteiger partial charge in [-0.15, -0.1) is 5.92 Å². The van der Waals surface area contributed by atoms with Gasteiger partial charge in [-0.2, -0.15) is 0 Å². The highest BCUT2D eigenvalue weighted by Gasteiger charge is 1.89. The Morgan fingerprint density at radius 3 is 2.85 bits per heavy atom. The molecule has 0 aliphatic heterocycles. The quantitative estimate of drug-likeness (QED) is 0.548. The maximum absolute atomic E-state index is 3.96. The molecule has 0 amide bonds. The monoisotopic (exact) mass is 174 g/mol. The van der Waals surface area contributed by atoms with Crippen LogP contribution in [0.1, 0.15) is 12.5 Å². The van der Waals surface area contributed by atoms with Gasteiger partial charge in [0.2, 0.25) is 0 Å². The van der Waals surface area contributed by atoms with Gasteiger partial charge in [0.05, 0.1) is 6.54 Å². The van der Waals surface area contributed by atoms with Crippen molar-refractivity contribution in [1.82, 2.24) is 10.3 Å². The molecule has 0 fully saturated rings. The molecule has 0 bridgehead atoms. The SMILES string of the molecule is CC#CCNCCc1ccncc1. The van der Waals surface area contributed by atoms with Gasteiger partial charge in [-0.1, -0.05) is 5.92 Å². The highest BCUT2D eigenvalue weighted by Crippen LogP contribution is 1.95. The van der Waals surface area contributed by atoms with Crippen LogP contribution in [0.5, 0.6) is 0 Å². The van der Waals surface area contributed by atoms with Crippen LogP contribution < -0.4 is 5.32 Å². The van der Waals surface area contributed by atoms with E-state index in [1.54, 1.807) is 0 Å². The summed E-state index contributed by atoms with van der Waals surface area (Å²) in [6, 6.07) is 4.07. The van der Waals surface area contributed by atoms with Gasteiger partial charge in [0.15, 0.2) is 0 Å². The average Bonchev–Trinajstić information content (AvgIpc) is 2.19. The van der Waals surface area contributed by atoms with Crippen LogP contribution in [0, 0.1) is 11.8 Å². The standard InChI is InChI=1S/C11H14N2/c1-2-3-7-12-8-4-11-5-9-13-10-6-11/h5-6,9-10,12H,4,7-8H2,1H3. The van der Waals surface area contributed by atoms with Gasteiger partial charge in [-0.05, 0) is 31.0 Å². The minimum Gasteiger partial charge on any atom is -0.306 e. The second-order valence-electron chi connectivity index (χ2n) is 2.71. The Kier molecular flexibility index (Phi) is 4.66. The second-order valence-corrected chi connectivity index (χ2v) is 2.71. The molecule has 1 heterocycles. The van der Waals surface area contributed by atoms with Crippen molar-refractivity contribution in [1.29, 1.82) is 0 Å². The van der Waals surface area contributed by atoms with Crippen LogP contribution in [-0.4, -0.2) is 18.1 Å². The van der Waals surface area contributed by atoms with Gasteiger partial charge in [-0.3, -0.25) is 4.98 Å². The number of nitrogens with one attached hydrogen (secondary N) is 1. The molecule has 13 heavy (non-hydrogen) atoms. The van der Waals surface area contributed by atoms with E-state index in [9.17, 15) is 0 Å². The molecular formula is C11H14N2. The van der Waals surface area contributed by atoms with E-state index in [0.717, 1.165) is 19.5 Å². The predicted molar refractivity (Wildman–Crippen MR) is 54.3 cm³/mol. The van der Waals surface area contributed by atoms with Crippen LogP contribution in [0.2, 0.25) is 0 Å². The molecule has 1 aromatic heterocycles. The van der Waals surface area contributed by atoms with Gasteiger partial charge in [0.1, 0.15) is 0 Å². The Balaban J connectivity index is 2.16. The first-order chi connectivity index (χ1) is 6.43. The van der Waals surface area contributed by atoms with Crippen LogP contribution in [0.15, 0.2) is 24.5 Å². The second kappa shape index (κ2) is 6.22. The van der Waals surface area contributed by atoms with E-state index >= 15 is 0 Å². The zero-order valence-electron chi connectivity index (χ0n) is 7.88. The molecule has 0 unspecified atom stereocenters. The van der Waals surface area contributed by atoms with E-state index in [-0.39, 0.29) is 0 Å². The third kappa shape index (κ3) is 4.29.